The minimum absolute atomic E-state index is 0.0416. The molecule has 2 aromatic rings. The highest BCUT2D eigenvalue weighted by molar-refractivity contribution is 5.95. The van der Waals surface area contributed by atoms with Gasteiger partial charge in [0.05, 0.1) is 13.2 Å². The Morgan fingerprint density at radius 2 is 0.846 bits per heavy atom. The van der Waals surface area contributed by atoms with Crippen LogP contribution in [0.3, 0.4) is 0 Å². The van der Waals surface area contributed by atoms with Gasteiger partial charge in [-0.25, -0.2) is 0 Å². The molecule has 9 nitrogen and oxygen atoms in total. The summed E-state index contributed by atoms with van der Waals surface area (Å²) in [6, 6.07) is 18.4. The van der Waals surface area contributed by atoms with Crippen molar-refractivity contribution in [3.63, 3.8) is 0 Å². The molecule has 9 heteroatoms. The summed E-state index contributed by atoms with van der Waals surface area (Å²) in [5, 5.41) is 0. The van der Waals surface area contributed by atoms with E-state index in [-0.39, 0.29) is 51.5 Å². The van der Waals surface area contributed by atoms with Crippen LogP contribution in [0.4, 0.5) is 0 Å². The van der Waals surface area contributed by atoms with Gasteiger partial charge in [-0.15, -0.1) is 0 Å². The van der Waals surface area contributed by atoms with Gasteiger partial charge in [-0.1, -0.05) is 88.4 Å². The molecule has 0 heterocycles. The Morgan fingerprint density at radius 3 is 1.18 bits per heavy atom. The van der Waals surface area contributed by atoms with Crippen molar-refractivity contribution in [3.8, 4) is 0 Å². The molecule has 2 unspecified atom stereocenters. The quantitative estimate of drug-likeness (QED) is 0.134. The lowest BCUT2D eigenvalue weighted by atomic mass is 9.96. The smallest absolute Gasteiger partial charge is 0.320 e. The molecule has 2 atom stereocenters. The average molecular weight is 543 g/mol. The molecule has 0 amide bonds. The maximum atomic E-state index is 12.5. The Morgan fingerprint density at radius 1 is 0.513 bits per heavy atom. The van der Waals surface area contributed by atoms with Crippen LogP contribution in [0.15, 0.2) is 60.7 Å². The monoisotopic (exact) mass is 542 g/mol. The lowest BCUT2D eigenvalue weighted by molar-refractivity contribution is -0.166. The van der Waals surface area contributed by atoms with Gasteiger partial charge >= 0.3 is 23.9 Å². The highest BCUT2D eigenvalue weighted by atomic mass is 16.6. The van der Waals surface area contributed by atoms with Gasteiger partial charge in [-0.3, -0.25) is 19.2 Å². The van der Waals surface area contributed by atoms with E-state index in [2.05, 4.69) is 0 Å². The fourth-order valence-electron chi connectivity index (χ4n) is 3.60. The van der Waals surface area contributed by atoms with Gasteiger partial charge < -0.3 is 23.7 Å². The first-order valence-electron chi connectivity index (χ1n) is 13.0. The second-order valence-electron chi connectivity index (χ2n) is 9.58. The van der Waals surface area contributed by atoms with E-state index < -0.39 is 35.7 Å². The summed E-state index contributed by atoms with van der Waals surface area (Å²) < 4.78 is 26.3. The third kappa shape index (κ3) is 11.3. The maximum Gasteiger partial charge on any atom is 0.320 e. The number of carbonyl (C=O) groups excluding carboxylic acids is 4. The van der Waals surface area contributed by atoms with Crippen molar-refractivity contribution in [1.82, 2.24) is 0 Å². The standard InChI is InChI=1S/C30H38O9/c1-21(2)25(29(33)38-19-23-11-7-5-8-12-23)27(31)36-17-15-35-16-18-37-28(32)26(22(3)4)30(34)39-20-24-13-9-6-10-14-24/h5-14,21-22,25-26H,15-20H2,1-4H3. The third-order valence-electron chi connectivity index (χ3n) is 5.74. The Labute approximate surface area is 229 Å². The molecule has 0 bridgehead atoms. The SMILES string of the molecule is CC(C)C(C(=O)OCCOCCOC(=O)C(C(=O)OCc1ccccc1)C(C)C)C(=O)OCc1ccccc1. The highest BCUT2D eigenvalue weighted by Gasteiger charge is 2.34. The first-order valence-corrected chi connectivity index (χ1v) is 13.0. The van der Waals surface area contributed by atoms with Crippen LogP contribution in [0.1, 0.15) is 38.8 Å². The summed E-state index contributed by atoms with van der Waals surface area (Å²) in [5.74, 6) is -5.39. The van der Waals surface area contributed by atoms with Crippen LogP contribution < -0.4 is 0 Å². The van der Waals surface area contributed by atoms with Crippen LogP contribution in [0.5, 0.6) is 0 Å². The maximum absolute atomic E-state index is 12.5. The van der Waals surface area contributed by atoms with E-state index >= 15 is 0 Å². The van der Waals surface area contributed by atoms with E-state index in [0.717, 1.165) is 11.1 Å². The van der Waals surface area contributed by atoms with Crippen LogP contribution in [0.25, 0.3) is 0 Å². The van der Waals surface area contributed by atoms with Gasteiger partial charge in [0.15, 0.2) is 11.8 Å². The van der Waals surface area contributed by atoms with Gasteiger partial charge in [-0.05, 0) is 23.0 Å². The van der Waals surface area contributed by atoms with Crippen molar-refractivity contribution < 1.29 is 42.9 Å². The van der Waals surface area contributed by atoms with Gasteiger partial charge in [0, 0.05) is 0 Å². The van der Waals surface area contributed by atoms with E-state index in [1.165, 1.54) is 0 Å². The van der Waals surface area contributed by atoms with E-state index in [1.807, 2.05) is 60.7 Å². The molecule has 0 radical (unpaired) electrons. The fraction of sp³-hybridized carbons (Fsp3) is 0.467. The predicted molar refractivity (Wildman–Crippen MR) is 142 cm³/mol. The van der Waals surface area contributed by atoms with Gasteiger partial charge in [0.2, 0.25) is 0 Å². The van der Waals surface area contributed by atoms with E-state index in [1.54, 1.807) is 27.7 Å². The van der Waals surface area contributed by atoms with Crippen molar-refractivity contribution in [2.75, 3.05) is 26.4 Å². The molecule has 0 aromatic heterocycles. The molecule has 39 heavy (non-hydrogen) atoms. The van der Waals surface area contributed by atoms with Crippen LogP contribution in [-0.4, -0.2) is 50.3 Å². The molecule has 0 fully saturated rings. The second kappa shape index (κ2) is 17.0. The van der Waals surface area contributed by atoms with E-state index in [9.17, 15) is 19.2 Å². The van der Waals surface area contributed by atoms with Crippen molar-refractivity contribution >= 4 is 23.9 Å². The second-order valence-corrected chi connectivity index (χ2v) is 9.58. The number of carbonyl (C=O) groups is 4. The minimum atomic E-state index is -1.05. The predicted octanol–water partition coefficient (Wildman–Crippen LogP) is 4.12. The number of benzene rings is 2. The molecular formula is C30H38O9. The average Bonchev–Trinajstić information content (AvgIpc) is 2.91. The van der Waals surface area contributed by atoms with Crippen LogP contribution >= 0.6 is 0 Å². The molecule has 0 aliphatic rings. The Kier molecular flexibility index (Phi) is 13.7. The molecule has 0 saturated carbocycles. The Balaban J connectivity index is 1.66. The summed E-state index contributed by atoms with van der Waals surface area (Å²) in [6.45, 7) is 7.02. The van der Waals surface area contributed by atoms with Crippen molar-refractivity contribution in [2.24, 2.45) is 23.7 Å². The Hall–Kier alpha value is -3.72. The Bertz CT molecular complexity index is 951. The molecule has 0 aliphatic heterocycles. The zero-order valence-corrected chi connectivity index (χ0v) is 23.0. The zero-order chi connectivity index (χ0) is 28.6. The molecule has 2 aromatic carbocycles. The number of hydrogen-bond acceptors (Lipinski definition) is 9. The number of hydrogen-bond donors (Lipinski definition) is 0. The fourth-order valence-corrected chi connectivity index (χ4v) is 3.60. The summed E-state index contributed by atoms with van der Waals surface area (Å²) >= 11 is 0. The minimum Gasteiger partial charge on any atom is -0.463 e. The molecule has 0 aliphatic carbocycles. The number of rotatable bonds is 16. The molecule has 0 saturated heterocycles. The van der Waals surface area contributed by atoms with Crippen molar-refractivity contribution in [3.05, 3.63) is 71.8 Å². The zero-order valence-electron chi connectivity index (χ0n) is 23.0. The van der Waals surface area contributed by atoms with Crippen LogP contribution in [0.2, 0.25) is 0 Å². The third-order valence-corrected chi connectivity index (χ3v) is 5.74. The molecular weight excluding hydrogens is 504 g/mol. The number of esters is 4. The lowest BCUT2D eigenvalue weighted by Gasteiger charge is -2.19. The highest BCUT2D eigenvalue weighted by Crippen LogP contribution is 2.17. The molecule has 0 spiro atoms. The first-order chi connectivity index (χ1) is 18.7. The van der Waals surface area contributed by atoms with E-state index in [0.29, 0.717) is 0 Å². The van der Waals surface area contributed by atoms with Crippen molar-refractivity contribution in [2.45, 2.75) is 40.9 Å². The van der Waals surface area contributed by atoms with Gasteiger partial charge in [-0.2, -0.15) is 0 Å². The number of ether oxygens (including phenoxy) is 5. The van der Waals surface area contributed by atoms with Crippen LogP contribution in [0, 0.1) is 23.7 Å². The summed E-state index contributed by atoms with van der Waals surface area (Å²) in [7, 11) is 0. The molecule has 2 rings (SSSR count). The molecule has 212 valence electrons. The summed E-state index contributed by atoms with van der Waals surface area (Å²) in [5.41, 5.74) is 1.64. The van der Waals surface area contributed by atoms with Crippen LogP contribution in [-0.2, 0) is 56.1 Å². The summed E-state index contributed by atoms with van der Waals surface area (Å²) in [6.07, 6.45) is 0. The first kappa shape index (κ1) is 31.5. The summed E-state index contributed by atoms with van der Waals surface area (Å²) in [4.78, 5) is 49.9. The largest absolute Gasteiger partial charge is 0.463 e. The normalized spacial score (nSPS) is 12.5. The van der Waals surface area contributed by atoms with Crippen molar-refractivity contribution in [1.29, 1.82) is 0 Å². The lowest BCUT2D eigenvalue weighted by Crippen LogP contribution is -2.33. The molecule has 0 N–H and O–H groups in total. The van der Waals surface area contributed by atoms with Gasteiger partial charge in [0.1, 0.15) is 26.4 Å². The van der Waals surface area contributed by atoms with Gasteiger partial charge in [0.25, 0.3) is 0 Å². The van der Waals surface area contributed by atoms with E-state index in [4.69, 9.17) is 23.7 Å². The topological polar surface area (TPSA) is 114 Å².